The largest absolute Gasteiger partial charge is 0.369 e. The van der Waals surface area contributed by atoms with Gasteiger partial charge in [-0.05, 0) is 42.3 Å². The van der Waals surface area contributed by atoms with Gasteiger partial charge in [0.2, 0.25) is 10.0 Å². The number of hydrogen-bond acceptors (Lipinski definition) is 4. The molecule has 0 amide bonds. The Kier molecular flexibility index (Phi) is 5.15. The first-order valence-corrected chi connectivity index (χ1v) is 9.74. The Hall–Kier alpha value is -1.86. The minimum Gasteiger partial charge on any atom is -0.369 e. The average molecular weight is 396 g/mol. The van der Waals surface area contributed by atoms with Gasteiger partial charge in [0.25, 0.3) is 0 Å². The van der Waals surface area contributed by atoms with E-state index in [9.17, 15) is 8.42 Å². The van der Waals surface area contributed by atoms with Crippen LogP contribution in [0.2, 0.25) is 10.0 Å². The van der Waals surface area contributed by atoms with Crippen LogP contribution in [0.25, 0.3) is 10.8 Å². The lowest BCUT2D eigenvalue weighted by molar-refractivity contribution is 0.598. The van der Waals surface area contributed by atoms with E-state index in [0.29, 0.717) is 28.8 Å². The minimum absolute atomic E-state index is 0.101. The van der Waals surface area contributed by atoms with Gasteiger partial charge in [-0.2, -0.15) is 0 Å². The van der Waals surface area contributed by atoms with E-state index in [1.807, 2.05) is 12.1 Å². The number of nitrogens with one attached hydrogen (secondary N) is 1. The zero-order chi connectivity index (χ0) is 18.0. The average Bonchev–Trinajstić information content (AvgIpc) is 2.55. The van der Waals surface area contributed by atoms with Crippen LogP contribution in [0.5, 0.6) is 0 Å². The number of rotatable bonds is 5. The van der Waals surface area contributed by atoms with Crippen molar-refractivity contribution < 1.29 is 8.42 Å². The number of primary sulfonamides is 1. The predicted molar refractivity (Wildman–Crippen MR) is 102 cm³/mol. The van der Waals surface area contributed by atoms with Crippen LogP contribution in [0, 0.1) is 0 Å². The lowest BCUT2D eigenvalue weighted by Gasteiger charge is -2.10. The number of halogens is 2. The summed E-state index contributed by atoms with van der Waals surface area (Å²) >= 11 is 12.3. The Morgan fingerprint density at radius 1 is 1.04 bits per heavy atom. The molecule has 0 aliphatic heterocycles. The van der Waals surface area contributed by atoms with Gasteiger partial charge in [-0.25, -0.2) is 18.5 Å². The van der Waals surface area contributed by atoms with Gasteiger partial charge in [0.1, 0.15) is 5.82 Å². The van der Waals surface area contributed by atoms with Gasteiger partial charge in [0.15, 0.2) is 0 Å². The van der Waals surface area contributed by atoms with E-state index >= 15 is 0 Å². The molecular formula is C17H15Cl2N3O2S. The molecule has 3 rings (SSSR count). The first-order valence-electron chi connectivity index (χ1n) is 7.44. The molecule has 3 aromatic rings. The topological polar surface area (TPSA) is 85.1 Å². The Bertz CT molecular complexity index is 1020. The van der Waals surface area contributed by atoms with Crippen molar-refractivity contribution in [3.05, 3.63) is 64.3 Å². The van der Waals surface area contributed by atoms with E-state index in [-0.39, 0.29) is 4.90 Å². The lowest BCUT2D eigenvalue weighted by Crippen LogP contribution is -2.12. The summed E-state index contributed by atoms with van der Waals surface area (Å²) in [5.41, 5.74) is 0.983. The number of fused-ring (bicyclic) bond motifs is 1. The van der Waals surface area contributed by atoms with Gasteiger partial charge >= 0.3 is 0 Å². The van der Waals surface area contributed by atoms with Crippen LogP contribution in [0.3, 0.4) is 0 Å². The van der Waals surface area contributed by atoms with E-state index in [1.54, 1.807) is 24.4 Å². The molecule has 2 aromatic carbocycles. The van der Waals surface area contributed by atoms with Gasteiger partial charge in [0, 0.05) is 28.5 Å². The summed E-state index contributed by atoms with van der Waals surface area (Å²) in [7, 11) is -3.67. The SMILES string of the molecule is NS(=O)(=O)c1ccc(CCNc2nccc3c(Cl)cc(Cl)cc23)cc1. The zero-order valence-corrected chi connectivity index (χ0v) is 15.4. The second-order valence-electron chi connectivity index (χ2n) is 5.51. The van der Waals surface area contributed by atoms with Gasteiger partial charge in [-0.1, -0.05) is 35.3 Å². The molecule has 0 unspecified atom stereocenters. The fourth-order valence-corrected chi connectivity index (χ4v) is 3.59. The van der Waals surface area contributed by atoms with E-state index < -0.39 is 10.0 Å². The Morgan fingerprint density at radius 2 is 1.76 bits per heavy atom. The summed E-state index contributed by atoms with van der Waals surface area (Å²) in [4.78, 5) is 4.44. The number of nitrogens with zero attached hydrogens (tertiary/aromatic N) is 1. The quantitative estimate of drug-likeness (QED) is 0.686. The Balaban J connectivity index is 1.73. The van der Waals surface area contributed by atoms with Crippen molar-refractivity contribution in [3.63, 3.8) is 0 Å². The van der Waals surface area contributed by atoms with Crippen LogP contribution in [-0.4, -0.2) is 19.9 Å². The summed E-state index contributed by atoms with van der Waals surface area (Å²) in [5, 5.41) is 11.2. The number of aromatic nitrogens is 1. The van der Waals surface area contributed by atoms with Crippen molar-refractivity contribution in [2.75, 3.05) is 11.9 Å². The van der Waals surface area contributed by atoms with Crippen molar-refractivity contribution in [1.82, 2.24) is 4.98 Å². The number of anilines is 1. The van der Waals surface area contributed by atoms with Gasteiger partial charge in [-0.3, -0.25) is 0 Å². The smallest absolute Gasteiger partial charge is 0.238 e. The standard InChI is InChI=1S/C17H15Cl2N3O2S/c18-12-9-15-14(16(19)10-12)6-8-22-17(15)21-7-5-11-1-3-13(4-2-11)25(20,23)24/h1-4,6,8-10H,5,7H2,(H,21,22)(H2,20,23,24). The third-order valence-corrected chi connectivity index (χ3v) is 5.21. The summed E-state index contributed by atoms with van der Waals surface area (Å²) in [6.45, 7) is 0.616. The maximum absolute atomic E-state index is 11.3. The molecule has 130 valence electrons. The molecule has 0 radical (unpaired) electrons. The zero-order valence-electron chi connectivity index (χ0n) is 13.0. The fourth-order valence-electron chi connectivity index (χ4n) is 2.52. The van der Waals surface area contributed by atoms with Gasteiger partial charge in [-0.15, -0.1) is 0 Å². The highest BCUT2D eigenvalue weighted by Crippen LogP contribution is 2.31. The van der Waals surface area contributed by atoms with Gasteiger partial charge in [0.05, 0.1) is 9.92 Å². The van der Waals surface area contributed by atoms with Crippen molar-refractivity contribution in [1.29, 1.82) is 0 Å². The lowest BCUT2D eigenvalue weighted by atomic mass is 10.1. The number of sulfonamides is 1. The Labute approximate surface area is 155 Å². The summed E-state index contributed by atoms with van der Waals surface area (Å²) in [6, 6.07) is 11.8. The first kappa shape index (κ1) is 17.9. The van der Waals surface area contributed by atoms with E-state index in [1.165, 1.54) is 12.1 Å². The number of pyridine rings is 1. The second kappa shape index (κ2) is 7.17. The van der Waals surface area contributed by atoms with Crippen molar-refractivity contribution in [3.8, 4) is 0 Å². The van der Waals surface area contributed by atoms with E-state index in [4.69, 9.17) is 28.3 Å². The third-order valence-electron chi connectivity index (χ3n) is 3.75. The maximum atomic E-state index is 11.3. The molecule has 0 saturated carbocycles. The summed E-state index contributed by atoms with van der Waals surface area (Å²) in [6.07, 6.45) is 2.38. The molecule has 0 aliphatic carbocycles. The molecular weight excluding hydrogens is 381 g/mol. The van der Waals surface area contributed by atoms with Crippen LogP contribution in [0.15, 0.2) is 53.6 Å². The van der Waals surface area contributed by atoms with Crippen molar-refractivity contribution >= 4 is 49.8 Å². The predicted octanol–water partition coefficient (Wildman–Crippen LogP) is 3.84. The molecule has 0 fully saturated rings. The van der Waals surface area contributed by atoms with Crippen molar-refractivity contribution in [2.24, 2.45) is 5.14 Å². The highest BCUT2D eigenvalue weighted by atomic mass is 35.5. The molecule has 5 nitrogen and oxygen atoms in total. The molecule has 3 N–H and O–H groups in total. The molecule has 1 heterocycles. The van der Waals surface area contributed by atoms with E-state index in [2.05, 4.69) is 10.3 Å². The number of hydrogen-bond donors (Lipinski definition) is 2. The molecule has 0 atom stereocenters. The van der Waals surface area contributed by atoms with Crippen LogP contribution in [-0.2, 0) is 16.4 Å². The minimum atomic E-state index is -3.67. The Morgan fingerprint density at radius 3 is 2.44 bits per heavy atom. The number of nitrogens with two attached hydrogens (primary N) is 1. The molecule has 0 spiro atoms. The normalized spacial score (nSPS) is 11.6. The molecule has 0 saturated heterocycles. The molecule has 25 heavy (non-hydrogen) atoms. The van der Waals surface area contributed by atoms with Crippen LogP contribution < -0.4 is 10.5 Å². The fraction of sp³-hybridized carbons (Fsp3) is 0.118. The molecule has 0 bridgehead atoms. The van der Waals surface area contributed by atoms with E-state index in [0.717, 1.165) is 16.3 Å². The highest BCUT2D eigenvalue weighted by Gasteiger charge is 2.08. The molecule has 8 heteroatoms. The first-order chi connectivity index (χ1) is 11.8. The summed E-state index contributed by atoms with van der Waals surface area (Å²) < 4.78 is 22.5. The third kappa shape index (κ3) is 4.22. The highest BCUT2D eigenvalue weighted by molar-refractivity contribution is 7.89. The van der Waals surface area contributed by atoms with Crippen LogP contribution in [0.1, 0.15) is 5.56 Å². The molecule has 0 aliphatic rings. The monoisotopic (exact) mass is 395 g/mol. The summed E-state index contributed by atoms with van der Waals surface area (Å²) in [5.74, 6) is 0.697. The van der Waals surface area contributed by atoms with Gasteiger partial charge < -0.3 is 5.32 Å². The number of benzene rings is 2. The second-order valence-corrected chi connectivity index (χ2v) is 7.91. The van der Waals surface area contributed by atoms with Crippen LogP contribution >= 0.6 is 23.2 Å². The van der Waals surface area contributed by atoms with Crippen LogP contribution in [0.4, 0.5) is 5.82 Å². The van der Waals surface area contributed by atoms with Crippen molar-refractivity contribution in [2.45, 2.75) is 11.3 Å². The maximum Gasteiger partial charge on any atom is 0.238 e. The molecule has 1 aromatic heterocycles.